The number of benzene rings is 2. The van der Waals surface area contributed by atoms with Crippen molar-refractivity contribution in [3.8, 4) is 17.2 Å². The number of methoxy groups -OCH3 is 3. The summed E-state index contributed by atoms with van der Waals surface area (Å²) >= 11 is 0. The molecule has 1 heterocycles. The fraction of sp³-hybridized carbons (Fsp3) is 0.182. The molecule has 150 valence electrons. The Labute approximate surface area is 169 Å². The second-order valence-electron chi connectivity index (χ2n) is 6.28. The maximum atomic E-state index is 12.6. The molecule has 1 amide bonds. The molecule has 0 aliphatic heterocycles. The van der Waals surface area contributed by atoms with Crippen molar-refractivity contribution >= 4 is 23.1 Å². The first kappa shape index (κ1) is 20.0. The van der Waals surface area contributed by atoms with Gasteiger partial charge in [-0.3, -0.25) is 4.79 Å². The van der Waals surface area contributed by atoms with E-state index in [-0.39, 0.29) is 5.91 Å². The molecule has 1 aromatic heterocycles. The summed E-state index contributed by atoms with van der Waals surface area (Å²) < 4.78 is 15.9. The Morgan fingerprint density at radius 1 is 0.862 bits per heavy atom. The van der Waals surface area contributed by atoms with Crippen molar-refractivity contribution in [2.45, 2.75) is 6.92 Å². The summed E-state index contributed by atoms with van der Waals surface area (Å²) in [5.74, 6) is 2.23. The Hall–Kier alpha value is -3.74. The lowest BCUT2D eigenvalue weighted by Crippen LogP contribution is -2.13. The number of aryl methyl sites for hydroxylation is 1. The fourth-order valence-corrected chi connectivity index (χ4v) is 2.76. The van der Waals surface area contributed by atoms with Crippen LogP contribution in [-0.4, -0.2) is 32.2 Å². The average molecular weight is 393 g/mol. The van der Waals surface area contributed by atoms with E-state index < -0.39 is 0 Å². The molecule has 2 aromatic carbocycles. The molecule has 0 unspecified atom stereocenters. The highest BCUT2D eigenvalue weighted by atomic mass is 16.5. The van der Waals surface area contributed by atoms with E-state index >= 15 is 0 Å². The van der Waals surface area contributed by atoms with Gasteiger partial charge in [-0.15, -0.1) is 0 Å². The van der Waals surface area contributed by atoms with Crippen molar-refractivity contribution in [3.63, 3.8) is 0 Å². The predicted molar refractivity (Wildman–Crippen MR) is 113 cm³/mol. The van der Waals surface area contributed by atoms with Gasteiger partial charge in [-0.1, -0.05) is 6.07 Å². The Morgan fingerprint density at radius 2 is 1.66 bits per heavy atom. The number of hydrogen-bond donors (Lipinski definition) is 2. The van der Waals surface area contributed by atoms with Gasteiger partial charge < -0.3 is 24.8 Å². The highest BCUT2D eigenvalue weighted by Crippen LogP contribution is 2.31. The number of carbonyl (C=O) groups excluding carboxylic acids is 1. The van der Waals surface area contributed by atoms with Gasteiger partial charge >= 0.3 is 0 Å². The molecule has 0 spiro atoms. The number of anilines is 3. The summed E-state index contributed by atoms with van der Waals surface area (Å²) in [7, 11) is 4.75. The van der Waals surface area contributed by atoms with E-state index in [9.17, 15) is 4.79 Å². The van der Waals surface area contributed by atoms with Crippen molar-refractivity contribution in [2.75, 3.05) is 32.0 Å². The Kier molecular flexibility index (Phi) is 6.19. The predicted octanol–water partition coefficient (Wildman–Crippen LogP) is 4.41. The van der Waals surface area contributed by atoms with Crippen LogP contribution in [-0.2, 0) is 0 Å². The van der Waals surface area contributed by atoms with Crippen LogP contribution in [0.1, 0.15) is 15.9 Å². The molecule has 0 atom stereocenters. The number of rotatable bonds is 7. The standard InChI is InChI=1S/C22H23N3O4/c1-14-5-9-19(28-3)18(11-14)25-22(26)15-6-10-21(23-13-15)24-17-8-7-16(27-2)12-20(17)29-4/h5-13H,1-4H3,(H,23,24)(H,25,26). The zero-order valence-corrected chi connectivity index (χ0v) is 16.8. The molecule has 2 N–H and O–H groups in total. The largest absolute Gasteiger partial charge is 0.497 e. The summed E-state index contributed by atoms with van der Waals surface area (Å²) in [5.41, 5.74) is 2.80. The van der Waals surface area contributed by atoms with Crippen LogP contribution in [0.15, 0.2) is 54.7 Å². The maximum absolute atomic E-state index is 12.6. The molecular weight excluding hydrogens is 370 g/mol. The fourth-order valence-electron chi connectivity index (χ4n) is 2.76. The van der Waals surface area contributed by atoms with Crippen LogP contribution < -0.4 is 24.8 Å². The van der Waals surface area contributed by atoms with Gasteiger partial charge in [-0.25, -0.2) is 4.98 Å². The highest BCUT2D eigenvalue weighted by molar-refractivity contribution is 6.05. The van der Waals surface area contributed by atoms with Crippen LogP contribution in [0.25, 0.3) is 0 Å². The van der Waals surface area contributed by atoms with E-state index in [2.05, 4.69) is 15.6 Å². The summed E-state index contributed by atoms with van der Waals surface area (Å²) in [6.07, 6.45) is 1.51. The third kappa shape index (κ3) is 4.76. The zero-order valence-electron chi connectivity index (χ0n) is 16.8. The lowest BCUT2D eigenvalue weighted by Gasteiger charge is -2.13. The molecule has 7 nitrogen and oxygen atoms in total. The van der Waals surface area contributed by atoms with Crippen LogP contribution in [0.4, 0.5) is 17.2 Å². The first-order valence-electron chi connectivity index (χ1n) is 8.95. The van der Waals surface area contributed by atoms with E-state index in [4.69, 9.17) is 14.2 Å². The quantitative estimate of drug-likeness (QED) is 0.619. The number of carbonyl (C=O) groups is 1. The normalized spacial score (nSPS) is 10.2. The van der Waals surface area contributed by atoms with Crippen molar-refractivity contribution in [1.82, 2.24) is 4.98 Å². The van der Waals surface area contributed by atoms with Gasteiger partial charge in [0.15, 0.2) is 0 Å². The Bertz CT molecular complexity index is 1000. The monoisotopic (exact) mass is 393 g/mol. The van der Waals surface area contributed by atoms with E-state index in [1.165, 1.54) is 6.20 Å². The van der Waals surface area contributed by atoms with E-state index in [0.29, 0.717) is 34.3 Å². The van der Waals surface area contributed by atoms with Gasteiger partial charge in [0.25, 0.3) is 5.91 Å². The molecule has 0 bridgehead atoms. The number of aromatic nitrogens is 1. The lowest BCUT2D eigenvalue weighted by molar-refractivity contribution is 0.102. The highest BCUT2D eigenvalue weighted by Gasteiger charge is 2.11. The van der Waals surface area contributed by atoms with Crippen LogP contribution in [0, 0.1) is 6.92 Å². The molecule has 0 fully saturated rings. The number of amides is 1. The molecular formula is C22H23N3O4. The Morgan fingerprint density at radius 3 is 2.31 bits per heavy atom. The van der Waals surface area contributed by atoms with Gasteiger partial charge in [0.2, 0.25) is 0 Å². The first-order chi connectivity index (χ1) is 14.0. The van der Waals surface area contributed by atoms with Crippen LogP contribution in [0.5, 0.6) is 17.2 Å². The van der Waals surface area contributed by atoms with Gasteiger partial charge in [-0.05, 0) is 48.9 Å². The molecule has 7 heteroatoms. The summed E-state index contributed by atoms with van der Waals surface area (Å²) in [6.45, 7) is 1.95. The third-order valence-corrected chi connectivity index (χ3v) is 4.30. The van der Waals surface area contributed by atoms with E-state index in [1.54, 1.807) is 39.5 Å². The smallest absolute Gasteiger partial charge is 0.257 e. The number of pyridine rings is 1. The third-order valence-electron chi connectivity index (χ3n) is 4.30. The number of hydrogen-bond acceptors (Lipinski definition) is 6. The zero-order chi connectivity index (χ0) is 20.8. The minimum Gasteiger partial charge on any atom is -0.497 e. The van der Waals surface area contributed by atoms with Gasteiger partial charge in [0, 0.05) is 12.3 Å². The SMILES string of the molecule is COc1ccc(Nc2ccc(C(=O)Nc3cc(C)ccc3OC)cn2)c(OC)c1. The second kappa shape index (κ2) is 8.97. The summed E-state index contributed by atoms with van der Waals surface area (Å²) in [6, 6.07) is 14.5. The lowest BCUT2D eigenvalue weighted by atomic mass is 10.2. The van der Waals surface area contributed by atoms with Crippen molar-refractivity contribution in [3.05, 3.63) is 65.9 Å². The van der Waals surface area contributed by atoms with Crippen LogP contribution in [0.2, 0.25) is 0 Å². The minimum atomic E-state index is -0.269. The Balaban J connectivity index is 1.73. The number of nitrogens with one attached hydrogen (secondary N) is 2. The maximum Gasteiger partial charge on any atom is 0.257 e. The molecule has 0 aliphatic carbocycles. The molecule has 3 aromatic rings. The second-order valence-corrected chi connectivity index (χ2v) is 6.28. The molecule has 0 saturated heterocycles. The molecule has 0 saturated carbocycles. The van der Waals surface area contributed by atoms with Gasteiger partial charge in [0.1, 0.15) is 23.1 Å². The average Bonchev–Trinajstić information content (AvgIpc) is 2.74. The number of ether oxygens (including phenoxy) is 3. The van der Waals surface area contributed by atoms with E-state index in [1.807, 2.05) is 37.3 Å². The minimum absolute atomic E-state index is 0.269. The van der Waals surface area contributed by atoms with Crippen molar-refractivity contribution in [1.29, 1.82) is 0 Å². The summed E-state index contributed by atoms with van der Waals surface area (Å²) in [4.78, 5) is 16.9. The van der Waals surface area contributed by atoms with Crippen molar-refractivity contribution < 1.29 is 19.0 Å². The topological polar surface area (TPSA) is 81.7 Å². The molecule has 3 rings (SSSR count). The van der Waals surface area contributed by atoms with E-state index in [0.717, 1.165) is 11.3 Å². The molecule has 0 radical (unpaired) electrons. The molecule has 29 heavy (non-hydrogen) atoms. The van der Waals surface area contributed by atoms with Crippen LogP contribution >= 0.6 is 0 Å². The van der Waals surface area contributed by atoms with Gasteiger partial charge in [0.05, 0.1) is 38.3 Å². The summed E-state index contributed by atoms with van der Waals surface area (Å²) in [5, 5.41) is 6.03. The first-order valence-corrected chi connectivity index (χ1v) is 8.95. The van der Waals surface area contributed by atoms with Crippen LogP contribution in [0.3, 0.4) is 0 Å². The number of nitrogens with zero attached hydrogens (tertiary/aromatic N) is 1. The van der Waals surface area contributed by atoms with Crippen molar-refractivity contribution in [2.24, 2.45) is 0 Å². The van der Waals surface area contributed by atoms with Gasteiger partial charge in [-0.2, -0.15) is 0 Å². The molecule has 0 aliphatic rings.